The van der Waals surface area contributed by atoms with Crippen LogP contribution in [0, 0.1) is 6.92 Å². The third kappa shape index (κ3) is 4.28. The Kier molecular flexibility index (Phi) is 5.89. The van der Waals surface area contributed by atoms with Gasteiger partial charge in [0.1, 0.15) is 0 Å². The first-order valence-corrected chi connectivity index (χ1v) is 9.34. The monoisotopic (exact) mass is 376 g/mol. The molecular formula is C22H24N4O2. The Morgan fingerprint density at radius 3 is 2.11 bits per heavy atom. The highest BCUT2D eigenvalue weighted by Gasteiger charge is 2.13. The van der Waals surface area contributed by atoms with Gasteiger partial charge in [0.25, 0.3) is 11.8 Å². The highest BCUT2D eigenvalue weighted by Crippen LogP contribution is 2.15. The lowest BCUT2D eigenvalue weighted by Crippen LogP contribution is -2.30. The molecule has 2 aromatic carbocycles. The van der Waals surface area contributed by atoms with Crippen molar-refractivity contribution in [1.29, 1.82) is 0 Å². The summed E-state index contributed by atoms with van der Waals surface area (Å²) in [6, 6.07) is 14.2. The second-order valence-electron chi connectivity index (χ2n) is 6.52. The molecule has 3 aromatic rings. The lowest BCUT2D eigenvalue weighted by atomic mass is 10.1. The first kappa shape index (κ1) is 19.4. The number of aromatic nitrogens is 2. The Morgan fingerprint density at radius 2 is 1.57 bits per heavy atom. The van der Waals surface area contributed by atoms with Crippen molar-refractivity contribution in [2.75, 3.05) is 18.4 Å². The molecule has 1 aromatic heterocycles. The zero-order chi connectivity index (χ0) is 20.1. The average Bonchev–Trinajstić information content (AvgIpc) is 3.16. The van der Waals surface area contributed by atoms with E-state index < -0.39 is 0 Å². The van der Waals surface area contributed by atoms with E-state index in [1.54, 1.807) is 52.2 Å². The maximum Gasteiger partial charge on any atom is 0.255 e. The summed E-state index contributed by atoms with van der Waals surface area (Å²) in [5.41, 5.74) is 3.78. The van der Waals surface area contributed by atoms with Gasteiger partial charge in [0.15, 0.2) is 0 Å². The highest BCUT2D eigenvalue weighted by molar-refractivity contribution is 6.04. The van der Waals surface area contributed by atoms with Gasteiger partial charge in [-0.1, -0.05) is 0 Å². The number of carbonyl (C=O) groups is 2. The molecular weight excluding hydrogens is 352 g/mol. The normalized spacial score (nSPS) is 10.5. The molecule has 0 aliphatic rings. The maximum absolute atomic E-state index is 12.5. The Bertz CT molecular complexity index is 955. The Morgan fingerprint density at radius 1 is 0.964 bits per heavy atom. The lowest BCUT2D eigenvalue weighted by Gasteiger charge is -2.18. The molecule has 3 rings (SSSR count). The summed E-state index contributed by atoms with van der Waals surface area (Å²) >= 11 is 0. The molecule has 0 aliphatic carbocycles. The largest absolute Gasteiger partial charge is 0.339 e. The van der Waals surface area contributed by atoms with E-state index in [9.17, 15) is 9.59 Å². The van der Waals surface area contributed by atoms with E-state index >= 15 is 0 Å². The summed E-state index contributed by atoms with van der Waals surface area (Å²) in [5.74, 6) is -0.210. The molecule has 0 saturated heterocycles. The minimum absolute atomic E-state index is 0.00711. The van der Waals surface area contributed by atoms with E-state index in [1.807, 2.05) is 39.1 Å². The molecule has 0 atom stereocenters. The summed E-state index contributed by atoms with van der Waals surface area (Å²) in [7, 11) is 0. The van der Waals surface area contributed by atoms with Crippen molar-refractivity contribution in [2.24, 2.45) is 0 Å². The second-order valence-corrected chi connectivity index (χ2v) is 6.52. The second kappa shape index (κ2) is 8.52. The minimum Gasteiger partial charge on any atom is -0.339 e. The van der Waals surface area contributed by atoms with E-state index in [0.717, 1.165) is 11.3 Å². The lowest BCUT2D eigenvalue weighted by molar-refractivity contribution is 0.0773. The topological polar surface area (TPSA) is 67.2 Å². The summed E-state index contributed by atoms with van der Waals surface area (Å²) in [6.45, 7) is 7.22. The number of nitrogens with one attached hydrogen (secondary N) is 1. The first-order valence-electron chi connectivity index (χ1n) is 9.34. The van der Waals surface area contributed by atoms with Crippen molar-refractivity contribution in [3.63, 3.8) is 0 Å². The number of aryl methyl sites for hydroxylation is 1. The molecule has 0 aliphatic heterocycles. The van der Waals surface area contributed by atoms with Gasteiger partial charge in [0.2, 0.25) is 0 Å². The van der Waals surface area contributed by atoms with Crippen LogP contribution in [0.5, 0.6) is 0 Å². The van der Waals surface area contributed by atoms with Crippen molar-refractivity contribution < 1.29 is 9.59 Å². The molecule has 144 valence electrons. The first-order chi connectivity index (χ1) is 13.5. The zero-order valence-electron chi connectivity index (χ0n) is 16.3. The Balaban J connectivity index is 1.66. The highest BCUT2D eigenvalue weighted by atomic mass is 16.2. The van der Waals surface area contributed by atoms with Gasteiger partial charge in [-0.05, 0) is 74.9 Å². The molecule has 1 heterocycles. The van der Waals surface area contributed by atoms with Crippen molar-refractivity contribution in [1.82, 2.24) is 14.7 Å². The number of benzene rings is 2. The number of hydrogen-bond acceptors (Lipinski definition) is 3. The number of anilines is 1. The molecule has 6 nitrogen and oxygen atoms in total. The van der Waals surface area contributed by atoms with Gasteiger partial charge in [0, 0.05) is 36.1 Å². The van der Waals surface area contributed by atoms with E-state index in [4.69, 9.17) is 0 Å². The fraction of sp³-hybridized carbons (Fsp3) is 0.227. The Labute approximate surface area is 164 Å². The number of nitrogens with zero attached hydrogens (tertiary/aromatic N) is 3. The molecule has 0 spiro atoms. The summed E-state index contributed by atoms with van der Waals surface area (Å²) in [6.07, 6.45) is 3.71. The summed E-state index contributed by atoms with van der Waals surface area (Å²) in [4.78, 5) is 26.6. The van der Waals surface area contributed by atoms with Crippen molar-refractivity contribution >= 4 is 17.5 Å². The molecule has 1 N–H and O–H groups in total. The van der Waals surface area contributed by atoms with Crippen LogP contribution in [-0.4, -0.2) is 39.6 Å². The van der Waals surface area contributed by atoms with E-state index in [0.29, 0.717) is 29.9 Å². The van der Waals surface area contributed by atoms with Crippen LogP contribution < -0.4 is 5.32 Å². The Hall–Kier alpha value is -3.41. The molecule has 2 amide bonds. The van der Waals surface area contributed by atoms with Crippen LogP contribution in [0.3, 0.4) is 0 Å². The number of carbonyl (C=O) groups excluding carboxylic acids is 2. The van der Waals surface area contributed by atoms with Gasteiger partial charge in [-0.2, -0.15) is 5.10 Å². The summed E-state index contributed by atoms with van der Waals surface area (Å²) in [5, 5.41) is 7.12. The predicted octanol–water partition coefficient (Wildman–Crippen LogP) is 3.92. The number of amides is 2. The van der Waals surface area contributed by atoms with Gasteiger partial charge in [-0.15, -0.1) is 0 Å². The van der Waals surface area contributed by atoms with Crippen molar-refractivity contribution in [2.45, 2.75) is 20.8 Å². The molecule has 0 unspecified atom stereocenters. The van der Waals surface area contributed by atoms with E-state index in [2.05, 4.69) is 10.4 Å². The number of rotatable bonds is 6. The third-order valence-corrected chi connectivity index (χ3v) is 4.55. The van der Waals surface area contributed by atoms with E-state index in [-0.39, 0.29) is 11.8 Å². The smallest absolute Gasteiger partial charge is 0.255 e. The molecule has 0 radical (unpaired) electrons. The molecule has 6 heteroatoms. The molecule has 0 bridgehead atoms. The van der Waals surface area contributed by atoms with Crippen LogP contribution in [0.1, 0.15) is 40.1 Å². The van der Waals surface area contributed by atoms with Crippen LogP contribution >= 0.6 is 0 Å². The fourth-order valence-electron chi connectivity index (χ4n) is 2.91. The van der Waals surface area contributed by atoms with Gasteiger partial charge >= 0.3 is 0 Å². The molecule has 0 fully saturated rings. The van der Waals surface area contributed by atoms with Crippen LogP contribution in [0.4, 0.5) is 5.69 Å². The van der Waals surface area contributed by atoms with E-state index in [1.165, 1.54) is 0 Å². The quantitative estimate of drug-likeness (QED) is 0.709. The van der Waals surface area contributed by atoms with Gasteiger partial charge in [-0.25, -0.2) is 4.68 Å². The van der Waals surface area contributed by atoms with Gasteiger partial charge in [-0.3, -0.25) is 9.59 Å². The maximum atomic E-state index is 12.5. The predicted molar refractivity (Wildman–Crippen MR) is 110 cm³/mol. The van der Waals surface area contributed by atoms with Crippen LogP contribution in [0.2, 0.25) is 0 Å². The third-order valence-electron chi connectivity index (χ3n) is 4.55. The van der Waals surface area contributed by atoms with Crippen LogP contribution in [-0.2, 0) is 0 Å². The minimum atomic E-state index is -0.203. The standard InChI is InChI=1S/C22H24N4O2/c1-4-25(5-2)22(28)18-6-10-19(11-7-18)24-21(27)17-8-12-20(13-9-17)26-15-16(3)14-23-26/h6-15H,4-5H2,1-3H3,(H,24,27). The SMILES string of the molecule is CCN(CC)C(=O)c1ccc(NC(=O)c2ccc(-n3cc(C)cn3)cc2)cc1. The van der Waals surface area contributed by atoms with Crippen molar-refractivity contribution in [3.05, 3.63) is 77.6 Å². The van der Waals surface area contributed by atoms with Gasteiger partial charge in [0.05, 0.1) is 11.9 Å². The molecule has 0 saturated carbocycles. The van der Waals surface area contributed by atoms with Gasteiger partial charge < -0.3 is 10.2 Å². The van der Waals surface area contributed by atoms with Crippen molar-refractivity contribution in [3.8, 4) is 5.69 Å². The van der Waals surface area contributed by atoms with Crippen LogP contribution in [0.15, 0.2) is 60.9 Å². The fourth-order valence-corrected chi connectivity index (χ4v) is 2.91. The molecule has 28 heavy (non-hydrogen) atoms. The summed E-state index contributed by atoms with van der Waals surface area (Å²) < 4.78 is 1.77. The average molecular weight is 376 g/mol. The number of hydrogen-bond donors (Lipinski definition) is 1. The zero-order valence-corrected chi connectivity index (χ0v) is 16.3. The van der Waals surface area contributed by atoms with Crippen LogP contribution in [0.25, 0.3) is 5.69 Å².